The number of carboxylic acid groups (broad SMARTS) is 1. The van der Waals surface area contributed by atoms with Crippen molar-refractivity contribution in [2.45, 2.75) is 82.4 Å². The van der Waals surface area contributed by atoms with Crippen LogP contribution in [0.25, 0.3) is 0 Å². The third-order valence-electron chi connectivity index (χ3n) is 9.39. The summed E-state index contributed by atoms with van der Waals surface area (Å²) in [6, 6.07) is 1.61. The maximum atomic E-state index is 13.1. The largest absolute Gasteiger partial charge is 0.504 e. The van der Waals surface area contributed by atoms with Gasteiger partial charge >= 0.3 is 12.1 Å². The Morgan fingerprint density at radius 1 is 1.20 bits per heavy atom. The second-order valence-electron chi connectivity index (χ2n) is 12.5. The fraction of sp³-hybridized carbons (Fsp3) is 0.613. The molecule has 1 saturated heterocycles. The first-order valence-corrected chi connectivity index (χ1v) is 15.1. The van der Waals surface area contributed by atoms with Crippen LogP contribution < -0.4 is 10.6 Å². The van der Waals surface area contributed by atoms with E-state index in [2.05, 4.69) is 15.5 Å². The molecule has 3 aliphatic rings. The van der Waals surface area contributed by atoms with Gasteiger partial charge in [-0.25, -0.2) is 4.79 Å². The van der Waals surface area contributed by atoms with E-state index in [1.807, 2.05) is 13.8 Å². The van der Waals surface area contributed by atoms with Crippen molar-refractivity contribution in [3.05, 3.63) is 35.1 Å². The summed E-state index contributed by atoms with van der Waals surface area (Å²) in [5.41, 5.74) is -1.20. The summed E-state index contributed by atoms with van der Waals surface area (Å²) in [5, 5.41) is 47.9. The number of carbonyl (C=O) groups excluding carboxylic acids is 3. The molecule has 2 aliphatic carbocycles. The average molecular weight is 617 g/mol. The first-order chi connectivity index (χ1) is 20.7. The maximum Gasteiger partial charge on any atom is 0.414 e. The number of aromatic hydroxyl groups is 2. The lowest BCUT2D eigenvalue weighted by atomic mass is 9.54. The number of phenolic OH excluding ortho intramolecular Hbond substituents is 2. The Morgan fingerprint density at radius 2 is 1.91 bits per heavy atom. The van der Waals surface area contributed by atoms with E-state index in [1.165, 1.54) is 37.8 Å². The summed E-state index contributed by atoms with van der Waals surface area (Å²) < 4.78 is 5.78. The van der Waals surface area contributed by atoms with Crippen LogP contribution in [0, 0.1) is 12.8 Å². The number of carboxylic acids is 1. The Bertz CT molecular complexity index is 1310. The molecule has 4 atom stereocenters. The zero-order chi connectivity index (χ0) is 32.4. The van der Waals surface area contributed by atoms with Crippen LogP contribution in [0.15, 0.2) is 24.0 Å². The Morgan fingerprint density at radius 3 is 2.55 bits per heavy atom. The smallest absolute Gasteiger partial charge is 0.414 e. The van der Waals surface area contributed by atoms with Crippen molar-refractivity contribution >= 4 is 23.9 Å². The Balaban J connectivity index is 1.49. The van der Waals surface area contributed by atoms with Crippen molar-refractivity contribution in [1.82, 2.24) is 20.4 Å². The highest BCUT2D eigenvalue weighted by atomic mass is 16.6. The number of likely N-dealkylation sites (N-methyl/N-ethyl adjacent to an activating group) is 1. The molecular weight excluding hydrogens is 572 g/mol. The fourth-order valence-electron chi connectivity index (χ4n) is 6.75. The number of allylic oxidation sites excluding steroid dienone is 1. The van der Waals surface area contributed by atoms with E-state index in [0.717, 1.165) is 6.54 Å². The molecule has 0 spiro atoms. The number of ether oxygens (including phenoxy) is 1. The molecule has 0 radical (unpaired) electrons. The van der Waals surface area contributed by atoms with Gasteiger partial charge in [-0.1, -0.05) is 6.07 Å². The molecule has 0 bridgehead atoms. The monoisotopic (exact) mass is 616 g/mol. The number of hydrogen-bond donors (Lipinski definition) is 6. The third kappa shape index (κ3) is 6.78. The molecule has 2 fully saturated rings. The van der Waals surface area contributed by atoms with Gasteiger partial charge in [-0.15, -0.1) is 0 Å². The molecule has 0 aromatic heterocycles. The minimum atomic E-state index is -1.32. The zero-order valence-corrected chi connectivity index (χ0v) is 25.8. The summed E-state index contributed by atoms with van der Waals surface area (Å²) in [7, 11) is 1.48. The second-order valence-corrected chi connectivity index (χ2v) is 12.5. The van der Waals surface area contributed by atoms with E-state index < -0.39 is 47.4 Å². The number of piperidine rings is 1. The predicted octanol–water partition coefficient (Wildman–Crippen LogP) is 1.72. The van der Waals surface area contributed by atoms with Gasteiger partial charge in [-0.3, -0.25) is 19.3 Å². The number of phenols is 2. The number of rotatable bonds is 11. The summed E-state index contributed by atoms with van der Waals surface area (Å²) in [4.78, 5) is 51.4. The summed E-state index contributed by atoms with van der Waals surface area (Å²) >= 11 is 0. The first-order valence-electron chi connectivity index (χ1n) is 15.1. The second kappa shape index (κ2) is 13.0. The van der Waals surface area contributed by atoms with E-state index in [-0.39, 0.29) is 43.5 Å². The van der Waals surface area contributed by atoms with E-state index >= 15 is 0 Å². The van der Waals surface area contributed by atoms with Crippen molar-refractivity contribution in [2.24, 2.45) is 5.92 Å². The molecule has 6 N–H and O–H groups in total. The molecule has 3 unspecified atom stereocenters. The Labute approximate surface area is 256 Å². The summed E-state index contributed by atoms with van der Waals surface area (Å²) in [6.07, 6.45) is 3.53. The van der Waals surface area contributed by atoms with Gasteiger partial charge in [0.15, 0.2) is 11.5 Å². The molecule has 13 nitrogen and oxygen atoms in total. The number of fused-ring (bicyclic) bond motifs is 1. The number of likely N-dealkylation sites (tertiary alicyclic amines) is 1. The molecule has 1 aliphatic heterocycles. The SMILES string of the molecule is CC(=O)N[C@H](CC(=O)O)C(=O)NCCN(C)C(=O)OC1=CCC2(O)C(C)N(CC3CC3)CCC2(c2c(C)ccc(O)c2O)C1. The van der Waals surface area contributed by atoms with Crippen molar-refractivity contribution in [3.63, 3.8) is 0 Å². The van der Waals surface area contributed by atoms with E-state index in [4.69, 9.17) is 9.84 Å². The molecule has 242 valence electrons. The van der Waals surface area contributed by atoms with Crippen LogP contribution in [0.4, 0.5) is 4.79 Å². The van der Waals surface area contributed by atoms with Crippen LogP contribution in [0.2, 0.25) is 0 Å². The standard InChI is InChI=1S/C31H44N4O9/c1-18-5-8-24(37)27(40)26(18)30-11-13-35(17-21-6-7-21)19(2)31(30,43)10-9-22(16-30)44-29(42)34(4)14-12-32-28(41)23(15-25(38)39)33-20(3)36/h5,8-9,19,21,23,37,40,43H,6-7,10-17H2,1-4H3,(H,32,41)(H,33,36)(H,38,39)/t19?,23-,30?,31?/m1/s1. The normalized spacial score (nSPS) is 25.7. The van der Waals surface area contributed by atoms with E-state index in [1.54, 1.807) is 12.1 Å². The van der Waals surface area contributed by atoms with Crippen molar-refractivity contribution in [2.75, 3.05) is 33.2 Å². The van der Waals surface area contributed by atoms with Crippen molar-refractivity contribution < 1.29 is 44.3 Å². The van der Waals surface area contributed by atoms with E-state index in [9.17, 15) is 34.5 Å². The number of hydrogen-bond acceptors (Lipinski definition) is 9. The van der Waals surface area contributed by atoms with Crippen LogP contribution in [0.5, 0.6) is 11.5 Å². The van der Waals surface area contributed by atoms with Gasteiger partial charge in [-0.05, 0) is 63.3 Å². The lowest BCUT2D eigenvalue weighted by Crippen LogP contribution is -2.69. The van der Waals surface area contributed by atoms with Gasteiger partial charge in [0, 0.05) is 63.5 Å². The van der Waals surface area contributed by atoms with Gasteiger partial charge in [0.2, 0.25) is 11.8 Å². The van der Waals surface area contributed by atoms with Gasteiger partial charge in [0.05, 0.1) is 12.0 Å². The van der Waals surface area contributed by atoms with Gasteiger partial charge in [-0.2, -0.15) is 0 Å². The molecule has 1 aromatic carbocycles. The highest BCUT2D eigenvalue weighted by Crippen LogP contribution is 2.58. The number of aliphatic carboxylic acids is 1. The molecule has 1 saturated carbocycles. The van der Waals surface area contributed by atoms with Crippen LogP contribution in [0.1, 0.15) is 63.5 Å². The predicted molar refractivity (Wildman–Crippen MR) is 159 cm³/mol. The molecule has 4 rings (SSSR count). The molecule has 13 heteroatoms. The summed E-state index contributed by atoms with van der Waals surface area (Å²) in [5.74, 6) is -2.11. The van der Waals surface area contributed by atoms with Crippen LogP contribution in [0.3, 0.4) is 0 Å². The topological polar surface area (TPSA) is 189 Å². The van der Waals surface area contributed by atoms with Crippen molar-refractivity contribution in [3.8, 4) is 11.5 Å². The molecular formula is C31H44N4O9. The number of aryl methyl sites for hydroxylation is 1. The maximum absolute atomic E-state index is 13.1. The average Bonchev–Trinajstić information content (AvgIpc) is 3.77. The number of amides is 3. The first kappa shape index (κ1) is 33.1. The number of benzene rings is 1. The van der Waals surface area contributed by atoms with E-state index in [0.29, 0.717) is 35.8 Å². The number of carbonyl (C=O) groups is 4. The Hall–Kier alpha value is -3.84. The van der Waals surface area contributed by atoms with Gasteiger partial charge < -0.3 is 40.7 Å². The highest BCUT2D eigenvalue weighted by molar-refractivity contribution is 5.90. The summed E-state index contributed by atoms with van der Waals surface area (Å²) in [6.45, 7) is 6.56. The van der Waals surface area contributed by atoms with Crippen LogP contribution >= 0.6 is 0 Å². The molecule has 44 heavy (non-hydrogen) atoms. The fourth-order valence-corrected chi connectivity index (χ4v) is 6.75. The van der Waals surface area contributed by atoms with Gasteiger partial charge in [0.1, 0.15) is 11.8 Å². The number of nitrogens with zero attached hydrogens (tertiary/aromatic N) is 2. The van der Waals surface area contributed by atoms with Crippen molar-refractivity contribution in [1.29, 1.82) is 0 Å². The molecule has 3 amide bonds. The molecule has 1 heterocycles. The van der Waals surface area contributed by atoms with Crippen LogP contribution in [-0.4, -0.2) is 105 Å². The minimum Gasteiger partial charge on any atom is -0.504 e. The Kier molecular flexibility index (Phi) is 9.79. The zero-order valence-electron chi connectivity index (χ0n) is 25.8. The highest BCUT2D eigenvalue weighted by Gasteiger charge is 2.61. The van der Waals surface area contributed by atoms with Crippen LogP contribution in [-0.2, 0) is 24.5 Å². The quantitative estimate of drug-likeness (QED) is 0.200. The third-order valence-corrected chi connectivity index (χ3v) is 9.39. The lowest BCUT2D eigenvalue weighted by molar-refractivity contribution is -0.141. The number of aliphatic hydroxyl groups is 1. The van der Waals surface area contributed by atoms with Gasteiger partial charge in [0.25, 0.3) is 0 Å². The number of nitrogens with one attached hydrogen (secondary N) is 2. The minimum absolute atomic E-state index is 0.0203. The lowest BCUT2D eigenvalue weighted by Gasteiger charge is -2.59. The molecule has 1 aromatic rings.